The lowest BCUT2D eigenvalue weighted by molar-refractivity contribution is 0.829. The van der Waals surface area contributed by atoms with Gasteiger partial charge in [-0.15, -0.1) is 0 Å². The van der Waals surface area contributed by atoms with Gasteiger partial charge < -0.3 is 4.90 Å². The minimum absolute atomic E-state index is 0.309. The third-order valence-corrected chi connectivity index (χ3v) is 2.02. The largest absolute Gasteiger partial charge is 0.359 e. The molecule has 1 rings (SSSR count). The Morgan fingerprint density at radius 2 is 2.23 bits per heavy atom. The van der Waals surface area contributed by atoms with E-state index < -0.39 is 0 Å². The molecule has 0 N–H and O–H groups in total. The van der Waals surface area contributed by atoms with E-state index in [0.717, 1.165) is 24.3 Å². The quantitative estimate of drug-likeness (QED) is 0.700. The van der Waals surface area contributed by atoms with Crippen LogP contribution in [-0.4, -0.2) is 23.6 Å². The topological polar surface area (TPSA) is 29.0 Å². The van der Waals surface area contributed by atoms with Crippen LogP contribution in [0.3, 0.4) is 0 Å². The van der Waals surface area contributed by atoms with Crippen LogP contribution in [-0.2, 0) is 0 Å². The van der Waals surface area contributed by atoms with Crippen LogP contribution < -0.4 is 4.90 Å². The highest BCUT2D eigenvalue weighted by atomic mass is 35.5. The molecule has 1 aromatic heterocycles. The molecule has 1 heterocycles. The maximum absolute atomic E-state index is 5.71. The number of hydrogen-bond acceptors (Lipinski definition) is 3. The van der Waals surface area contributed by atoms with Crippen molar-refractivity contribution in [3.05, 3.63) is 17.0 Å². The third-order valence-electron chi connectivity index (χ3n) is 1.84. The first kappa shape index (κ1) is 10.3. The Morgan fingerprint density at radius 1 is 1.54 bits per heavy atom. The predicted octanol–water partition coefficient (Wildman–Crippen LogP) is 2.28. The minimum Gasteiger partial charge on any atom is -0.359 e. The summed E-state index contributed by atoms with van der Waals surface area (Å²) >= 11 is 5.71. The lowest BCUT2D eigenvalue weighted by Gasteiger charge is -2.18. The van der Waals surface area contributed by atoms with Crippen LogP contribution in [0.1, 0.15) is 18.9 Å². The van der Waals surface area contributed by atoms with Crippen molar-refractivity contribution in [2.75, 3.05) is 18.5 Å². The molecule has 4 heteroatoms. The van der Waals surface area contributed by atoms with Crippen LogP contribution in [0, 0.1) is 6.92 Å². The first-order valence-corrected chi connectivity index (χ1v) is 4.73. The van der Waals surface area contributed by atoms with Gasteiger partial charge >= 0.3 is 0 Å². The number of anilines is 1. The second kappa shape index (κ2) is 4.42. The van der Waals surface area contributed by atoms with Gasteiger partial charge in [0, 0.05) is 25.4 Å². The highest BCUT2D eigenvalue weighted by molar-refractivity contribution is 6.28. The van der Waals surface area contributed by atoms with Gasteiger partial charge in [-0.3, -0.25) is 0 Å². The summed E-state index contributed by atoms with van der Waals surface area (Å²) in [4.78, 5) is 10.2. The van der Waals surface area contributed by atoms with Gasteiger partial charge in [0.1, 0.15) is 5.82 Å². The fourth-order valence-corrected chi connectivity index (χ4v) is 1.37. The van der Waals surface area contributed by atoms with E-state index in [4.69, 9.17) is 11.6 Å². The van der Waals surface area contributed by atoms with Crippen LogP contribution in [0.4, 0.5) is 5.82 Å². The van der Waals surface area contributed by atoms with Gasteiger partial charge in [0.25, 0.3) is 0 Å². The van der Waals surface area contributed by atoms with E-state index in [2.05, 4.69) is 21.8 Å². The molecule has 0 saturated heterocycles. The van der Waals surface area contributed by atoms with E-state index in [0.29, 0.717) is 5.28 Å². The molecule has 72 valence electrons. The zero-order valence-corrected chi connectivity index (χ0v) is 8.97. The van der Waals surface area contributed by atoms with E-state index in [-0.39, 0.29) is 0 Å². The number of aromatic nitrogens is 2. The Labute approximate surface area is 83.8 Å². The molecule has 0 unspecified atom stereocenters. The fourth-order valence-electron chi connectivity index (χ4n) is 1.24. The number of hydrogen-bond donors (Lipinski definition) is 0. The summed E-state index contributed by atoms with van der Waals surface area (Å²) in [6.45, 7) is 5.10. The summed E-state index contributed by atoms with van der Waals surface area (Å²) < 4.78 is 0. The molecule has 0 aliphatic rings. The maximum Gasteiger partial charge on any atom is 0.224 e. The lowest BCUT2D eigenvalue weighted by Crippen LogP contribution is -2.20. The van der Waals surface area contributed by atoms with Crippen molar-refractivity contribution in [3.63, 3.8) is 0 Å². The molecular weight excluding hydrogens is 186 g/mol. The molecule has 0 bridgehead atoms. The molecule has 0 aliphatic carbocycles. The maximum atomic E-state index is 5.71. The summed E-state index contributed by atoms with van der Waals surface area (Å²) in [5.74, 6) is 0.918. The Balaban J connectivity index is 2.91. The molecule has 0 fully saturated rings. The second-order valence-corrected chi connectivity index (χ2v) is 3.41. The molecule has 0 amide bonds. The molecule has 0 saturated carbocycles. The first-order chi connectivity index (χ1) is 6.15. The number of nitrogens with zero attached hydrogens (tertiary/aromatic N) is 3. The zero-order chi connectivity index (χ0) is 9.84. The zero-order valence-electron chi connectivity index (χ0n) is 8.21. The standard InChI is InChI=1S/C9H14ClN3/c1-4-5-13(3)8-7(2)6-11-9(10)12-8/h6H,4-5H2,1-3H3. The second-order valence-electron chi connectivity index (χ2n) is 3.07. The van der Waals surface area contributed by atoms with Gasteiger partial charge in [0.15, 0.2) is 0 Å². The molecule has 0 spiro atoms. The van der Waals surface area contributed by atoms with Crippen LogP contribution in [0.5, 0.6) is 0 Å². The summed E-state index contributed by atoms with van der Waals surface area (Å²) in [7, 11) is 2.01. The normalized spacial score (nSPS) is 10.2. The van der Waals surface area contributed by atoms with Crippen LogP contribution in [0.25, 0.3) is 0 Å². The van der Waals surface area contributed by atoms with Gasteiger partial charge in [-0.25, -0.2) is 9.97 Å². The van der Waals surface area contributed by atoms with E-state index >= 15 is 0 Å². The van der Waals surface area contributed by atoms with Gasteiger partial charge in [-0.1, -0.05) is 6.92 Å². The number of aryl methyl sites for hydroxylation is 1. The van der Waals surface area contributed by atoms with Crippen molar-refractivity contribution >= 4 is 17.4 Å². The van der Waals surface area contributed by atoms with E-state index in [1.54, 1.807) is 6.20 Å². The SMILES string of the molecule is CCCN(C)c1nc(Cl)ncc1C. The Hall–Kier alpha value is -0.830. The van der Waals surface area contributed by atoms with E-state index in [1.807, 2.05) is 14.0 Å². The smallest absolute Gasteiger partial charge is 0.224 e. The van der Waals surface area contributed by atoms with Crippen molar-refractivity contribution < 1.29 is 0 Å². The van der Waals surface area contributed by atoms with Crippen molar-refractivity contribution in [2.24, 2.45) is 0 Å². The number of halogens is 1. The summed E-state index contributed by atoms with van der Waals surface area (Å²) in [6, 6.07) is 0. The van der Waals surface area contributed by atoms with Gasteiger partial charge in [-0.05, 0) is 24.9 Å². The lowest BCUT2D eigenvalue weighted by atomic mass is 10.3. The molecule has 0 atom stereocenters. The number of rotatable bonds is 3. The Kier molecular flexibility index (Phi) is 3.48. The summed E-state index contributed by atoms with van der Waals surface area (Å²) in [6.07, 6.45) is 2.84. The third kappa shape index (κ3) is 2.56. The van der Waals surface area contributed by atoms with Gasteiger partial charge in [-0.2, -0.15) is 0 Å². The van der Waals surface area contributed by atoms with Crippen molar-refractivity contribution in [1.82, 2.24) is 9.97 Å². The molecule has 0 aliphatic heterocycles. The van der Waals surface area contributed by atoms with E-state index in [9.17, 15) is 0 Å². The molecular formula is C9H14ClN3. The van der Waals surface area contributed by atoms with Crippen LogP contribution in [0.2, 0.25) is 5.28 Å². The van der Waals surface area contributed by atoms with Gasteiger partial charge in [0.2, 0.25) is 5.28 Å². The highest BCUT2D eigenvalue weighted by Crippen LogP contribution is 2.16. The summed E-state index contributed by atoms with van der Waals surface area (Å²) in [5, 5.41) is 0.309. The fraction of sp³-hybridized carbons (Fsp3) is 0.556. The van der Waals surface area contributed by atoms with Crippen LogP contribution >= 0.6 is 11.6 Å². The van der Waals surface area contributed by atoms with Crippen molar-refractivity contribution in [2.45, 2.75) is 20.3 Å². The monoisotopic (exact) mass is 199 g/mol. The molecule has 1 aromatic rings. The van der Waals surface area contributed by atoms with E-state index in [1.165, 1.54) is 0 Å². The minimum atomic E-state index is 0.309. The Morgan fingerprint density at radius 3 is 2.85 bits per heavy atom. The first-order valence-electron chi connectivity index (χ1n) is 4.35. The molecule has 13 heavy (non-hydrogen) atoms. The highest BCUT2D eigenvalue weighted by Gasteiger charge is 2.06. The molecule has 0 radical (unpaired) electrons. The van der Waals surface area contributed by atoms with Crippen molar-refractivity contribution in [1.29, 1.82) is 0 Å². The molecule has 0 aromatic carbocycles. The predicted molar refractivity (Wildman–Crippen MR) is 55.3 cm³/mol. The average Bonchev–Trinajstić information content (AvgIpc) is 2.09. The van der Waals surface area contributed by atoms with Crippen LogP contribution in [0.15, 0.2) is 6.20 Å². The average molecular weight is 200 g/mol. The summed E-state index contributed by atoms with van der Waals surface area (Å²) in [5.41, 5.74) is 1.06. The van der Waals surface area contributed by atoms with Crippen molar-refractivity contribution in [3.8, 4) is 0 Å². The van der Waals surface area contributed by atoms with Gasteiger partial charge in [0.05, 0.1) is 0 Å². The Bertz CT molecular complexity index is 288. The molecule has 3 nitrogen and oxygen atoms in total.